The first-order valence-corrected chi connectivity index (χ1v) is 7.13. The smallest absolute Gasteiger partial charge is 0.238 e. The molecule has 20 heavy (non-hydrogen) atoms. The van der Waals surface area contributed by atoms with Crippen molar-refractivity contribution < 1.29 is 9.53 Å². The first-order chi connectivity index (χ1) is 9.58. The maximum Gasteiger partial charge on any atom is 0.238 e. The number of amides is 1. The summed E-state index contributed by atoms with van der Waals surface area (Å²) in [7, 11) is 0. The minimum Gasteiger partial charge on any atom is -0.374 e. The summed E-state index contributed by atoms with van der Waals surface area (Å²) >= 11 is 11.9. The molecular formula is C13H17Cl2N3O2. The molecule has 1 aromatic carbocycles. The van der Waals surface area contributed by atoms with E-state index in [1.165, 1.54) is 0 Å². The number of carbonyl (C=O) groups excluding carboxylic acids is 1. The number of morpholine rings is 1. The first kappa shape index (κ1) is 15.5. The largest absolute Gasteiger partial charge is 0.374 e. The van der Waals surface area contributed by atoms with Crippen molar-refractivity contribution in [2.24, 2.45) is 5.73 Å². The Morgan fingerprint density at radius 3 is 3.05 bits per heavy atom. The van der Waals surface area contributed by atoms with Gasteiger partial charge in [-0.25, -0.2) is 0 Å². The number of benzene rings is 1. The van der Waals surface area contributed by atoms with Crippen molar-refractivity contribution in [3.8, 4) is 0 Å². The van der Waals surface area contributed by atoms with E-state index in [0.29, 0.717) is 42.0 Å². The Morgan fingerprint density at radius 1 is 1.50 bits per heavy atom. The molecular weight excluding hydrogens is 301 g/mol. The van der Waals surface area contributed by atoms with Crippen LogP contribution in [0.5, 0.6) is 0 Å². The number of hydrogen-bond acceptors (Lipinski definition) is 4. The topological polar surface area (TPSA) is 67.6 Å². The van der Waals surface area contributed by atoms with Gasteiger partial charge in [0.2, 0.25) is 5.91 Å². The fraction of sp³-hybridized carbons (Fsp3) is 0.462. The Balaban J connectivity index is 1.90. The molecule has 1 atom stereocenters. The highest BCUT2D eigenvalue weighted by Crippen LogP contribution is 2.25. The average molecular weight is 318 g/mol. The molecule has 1 amide bonds. The van der Waals surface area contributed by atoms with Crippen molar-refractivity contribution in [2.45, 2.75) is 6.10 Å². The van der Waals surface area contributed by atoms with Gasteiger partial charge in [0.25, 0.3) is 0 Å². The van der Waals surface area contributed by atoms with Crippen LogP contribution < -0.4 is 11.1 Å². The summed E-state index contributed by atoms with van der Waals surface area (Å²) in [6, 6.07) is 4.95. The normalized spacial score (nSPS) is 19.9. The molecule has 0 aliphatic carbocycles. The highest BCUT2D eigenvalue weighted by atomic mass is 35.5. The zero-order valence-corrected chi connectivity index (χ0v) is 12.5. The summed E-state index contributed by atoms with van der Waals surface area (Å²) < 4.78 is 5.46. The summed E-state index contributed by atoms with van der Waals surface area (Å²) in [5, 5.41) is 3.75. The van der Waals surface area contributed by atoms with Gasteiger partial charge in [0, 0.05) is 24.7 Å². The second-order valence-electron chi connectivity index (χ2n) is 4.64. The number of carbonyl (C=O) groups is 1. The lowest BCUT2D eigenvalue weighted by molar-refractivity contribution is -0.119. The minimum atomic E-state index is -0.133. The lowest BCUT2D eigenvalue weighted by Gasteiger charge is -2.31. The van der Waals surface area contributed by atoms with Gasteiger partial charge in [-0.1, -0.05) is 23.2 Å². The van der Waals surface area contributed by atoms with E-state index in [1.54, 1.807) is 18.2 Å². The summed E-state index contributed by atoms with van der Waals surface area (Å²) in [4.78, 5) is 14.0. The molecule has 1 unspecified atom stereocenters. The number of anilines is 1. The Morgan fingerprint density at radius 2 is 2.30 bits per heavy atom. The Kier molecular flexibility index (Phi) is 5.63. The molecule has 5 nitrogen and oxygen atoms in total. The average Bonchev–Trinajstić information content (AvgIpc) is 2.43. The number of hydrogen-bond donors (Lipinski definition) is 2. The second-order valence-corrected chi connectivity index (χ2v) is 5.48. The van der Waals surface area contributed by atoms with Crippen LogP contribution >= 0.6 is 23.2 Å². The minimum absolute atomic E-state index is 0.00805. The van der Waals surface area contributed by atoms with Gasteiger partial charge in [-0.05, 0) is 18.2 Å². The fourth-order valence-corrected chi connectivity index (χ4v) is 2.39. The standard InChI is InChI=1S/C13H17Cl2N3O2/c14-9-1-2-11(15)12(5-9)17-13(19)8-18-3-4-20-10(6-16)7-18/h1-2,5,10H,3-4,6-8,16H2,(H,17,19). The quantitative estimate of drug-likeness (QED) is 0.885. The van der Waals surface area contributed by atoms with Gasteiger partial charge in [-0.3, -0.25) is 9.69 Å². The van der Waals surface area contributed by atoms with Crippen molar-refractivity contribution >= 4 is 34.8 Å². The van der Waals surface area contributed by atoms with E-state index in [9.17, 15) is 4.79 Å². The highest BCUT2D eigenvalue weighted by molar-refractivity contribution is 6.35. The molecule has 1 aliphatic rings. The lowest BCUT2D eigenvalue weighted by Crippen LogP contribution is -2.48. The Bertz CT molecular complexity index is 485. The number of nitrogens with one attached hydrogen (secondary N) is 1. The molecule has 0 saturated carbocycles. The molecule has 1 saturated heterocycles. The number of ether oxygens (including phenoxy) is 1. The number of nitrogens with zero attached hydrogens (tertiary/aromatic N) is 1. The van der Waals surface area contributed by atoms with E-state index < -0.39 is 0 Å². The van der Waals surface area contributed by atoms with Crippen LogP contribution in [-0.4, -0.2) is 49.7 Å². The molecule has 0 spiro atoms. The van der Waals surface area contributed by atoms with Gasteiger partial charge in [0.05, 0.1) is 30.0 Å². The van der Waals surface area contributed by atoms with Crippen molar-refractivity contribution in [1.82, 2.24) is 4.90 Å². The number of nitrogens with two attached hydrogens (primary N) is 1. The van der Waals surface area contributed by atoms with E-state index in [-0.39, 0.29) is 18.6 Å². The van der Waals surface area contributed by atoms with Gasteiger partial charge < -0.3 is 15.8 Å². The van der Waals surface area contributed by atoms with Crippen LogP contribution in [0.15, 0.2) is 18.2 Å². The van der Waals surface area contributed by atoms with Crippen LogP contribution in [0.3, 0.4) is 0 Å². The second kappa shape index (κ2) is 7.24. The fourth-order valence-electron chi connectivity index (χ4n) is 2.05. The summed E-state index contributed by atoms with van der Waals surface area (Å²) in [6.07, 6.45) is -0.00805. The van der Waals surface area contributed by atoms with Crippen LogP contribution in [0.2, 0.25) is 10.0 Å². The molecule has 1 fully saturated rings. The summed E-state index contributed by atoms with van der Waals surface area (Å²) in [6.45, 7) is 2.70. The van der Waals surface area contributed by atoms with E-state index in [2.05, 4.69) is 5.32 Å². The van der Waals surface area contributed by atoms with Crippen molar-refractivity contribution in [3.05, 3.63) is 28.2 Å². The third-order valence-corrected chi connectivity index (χ3v) is 3.62. The lowest BCUT2D eigenvalue weighted by atomic mass is 10.2. The predicted octanol–water partition coefficient (Wildman–Crippen LogP) is 1.59. The molecule has 1 aromatic rings. The van der Waals surface area contributed by atoms with E-state index >= 15 is 0 Å². The van der Waals surface area contributed by atoms with Crippen molar-refractivity contribution in [3.63, 3.8) is 0 Å². The van der Waals surface area contributed by atoms with Crippen molar-refractivity contribution in [2.75, 3.05) is 38.1 Å². The van der Waals surface area contributed by atoms with Crippen LogP contribution in [-0.2, 0) is 9.53 Å². The maximum atomic E-state index is 12.0. The van der Waals surface area contributed by atoms with E-state index in [0.717, 1.165) is 0 Å². The van der Waals surface area contributed by atoms with Gasteiger partial charge in [0.15, 0.2) is 0 Å². The molecule has 1 heterocycles. The molecule has 0 aromatic heterocycles. The van der Waals surface area contributed by atoms with Gasteiger partial charge >= 0.3 is 0 Å². The monoisotopic (exact) mass is 317 g/mol. The molecule has 1 aliphatic heterocycles. The first-order valence-electron chi connectivity index (χ1n) is 6.37. The number of halogens is 2. The zero-order valence-electron chi connectivity index (χ0n) is 10.9. The van der Waals surface area contributed by atoms with Crippen LogP contribution in [0, 0.1) is 0 Å². The SMILES string of the molecule is NCC1CN(CC(=O)Nc2cc(Cl)ccc2Cl)CCO1. The molecule has 3 N–H and O–H groups in total. The molecule has 0 radical (unpaired) electrons. The van der Waals surface area contributed by atoms with Gasteiger partial charge in [-0.2, -0.15) is 0 Å². The summed E-state index contributed by atoms with van der Waals surface area (Å²) in [5.41, 5.74) is 6.09. The zero-order chi connectivity index (χ0) is 14.5. The third kappa shape index (κ3) is 4.33. The van der Waals surface area contributed by atoms with Crippen molar-refractivity contribution in [1.29, 1.82) is 0 Å². The summed E-state index contributed by atoms with van der Waals surface area (Å²) in [5.74, 6) is -0.133. The van der Waals surface area contributed by atoms with Crippen LogP contribution in [0.25, 0.3) is 0 Å². The Labute approximate surface area is 128 Å². The third-order valence-electron chi connectivity index (χ3n) is 3.06. The molecule has 110 valence electrons. The molecule has 2 rings (SSSR count). The molecule has 7 heteroatoms. The molecule has 0 bridgehead atoms. The van der Waals surface area contributed by atoms with Gasteiger partial charge in [0.1, 0.15) is 0 Å². The highest BCUT2D eigenvalue weighted by Gasteiger charge is 2.21. The van der Waals surface area contributed by atoms with E-state index in [1.807, 2.05) is 4.90 Å². The number of rotatable bonds is 4. The van der Waals surface area contributed by atoms with Crippen LogP contribution in [0.1, 0.15) is 0 Å². The van der Waals surface area contributed by atoms with Crippen LogP contribution in [0.4, 0.5) is 5.69 Å². The van der Waals surface area contributed by atoms with E-state index in [4.69, 9.17) is 33.7 Å². The predicted molar refractivity (Wildman–Crippen MR) is 80.3 cm³/mol. The Hall–Kier alpha value is -0.850. The van der Waals surface area contributed by atoms with Gasteiger partial charge in [-0.15, -0.1) is 0 Å². The maximum absolute atomic E-state index is 12.0.